The van der Waals surface area contributed by atoms with Gasteiger partial charge in [-0.1, -0.05) is 59.6 Å². The van der Waals surface area contributed by atoms with Crippen molar-refractivity contribution in [2.24, 2.45) is 0 Å². The summed E-state index contributed by atoms with van der Waals surface area (Å²) in [6.45, 7) is 6.23. The number of hydrogen-bond acceptors (Lipinski definition) is 6. The van der Waals surface area contributed by atoms with Crippen LogP contribution in [0.2, 0.25) is 10.0 Å². The predicted octanol–water partition coefficient (Wildman–Crippen LogP) is 8.39. The summed E-state index contributed by atoms with van der Waals surface area (Å²) < 4.78 is 18.2. The number of piperazine rings is 1. The molecule has 2 aliphatic rings. The van der Waals surface area contributed by atoms with E-state index in [0.29, 0.717) is 28.8 Å². The number of nitrogens with zero attached hydrogens (tertiary/aromatic N) is 2. The van der Waals surface area contributed by atoms with Gasteiger partial charge in [0.05, 0.1) is 11.6 Å². The Hall–Kier alpha value is -4.27. The number of rotatable bonds is 8. The molecule has 5 aromatic rings. The molecule has 2 saturated heterocycles. The van der Waals surface area contributed by atoms with Crippen LogP contribution in [0.3, 0.4) is 0 Å². The molecule has 5 aromatic carbocycles. The smallest absolute Gasteiger partial charge is 0.255 e. The lowest BCUT2D eigenvalue weighted by atomic mass is 10.1. The molecule has 1 N–H and O–H groups in total. The Morgan fingerprint density at radius 1 is 0.830 bits per heavy atom. The molecule has 2 fully saturated rings. The normalized spacial score (nSPS) is 19.6. The van der Waals surface area contributed by atoms with Gasteiger partial charge in [-0.25, -0.2) is 0 Å². The van der Waals surface area contributed by atoms with Gasteiger partial charge in [0, 0.05) is 59.4 Å². The van der Waals surface area contributed by atoms with Gasteiger partial charge in [-0.15, -0.1) is 0 Å². The molecule has 0 aromatic heterocycles. The second-order valence-electron chi connectivity index (χ2n) is 12.0. The molecular formula is C38H35Cl2N3O4. The zero-order chi connectivity index (χ0) is 32.4. The minimum atomic E-state index is -0.946. The van der Waals surface area contributed by atoms with Crippen LogP contribution in [0.4, 0.5) is 17.1 Å². The maximum absolute atomic E-state index is 12.9. The van der Waals surface area contributed by atoms with Crippen molar-refractivity contribution in [1.29, 1.82) is 0 Å². The Morgan fingerprint density at radius 3 is 2.17 bits per heavy atom. The van der Waals surface area contributed by atoms with Crippen LogP contribution in [0.1, 0.15) is 22.8 Å². The second kappa shape index (κ2) is 13.5. The van der Waals surface area contributed by atoms with E-state index in [0.717, 1.165) is 65.3 Å². The van der Waals surface area contributed by atoms with Crippen LogP contribution in [-0.2, 0) is 15.3 Å². The molecule has 2 atom stereocenters. The second-order valence-corrected chi connectivity index (χ2v) is 12.8. The van der Waals surface area contributed by atoms with Crippen LogP contribution >= 0.6 is 23.2 Å². The number of carbonyl (C=O) groups excluding carboxylic acids is 1. The largest absolute Gasteiger partial charge is 0.491 e. The van der Waals surface area contributed by atoms with Crippen molar-refractivity contribution in [3.63, 3.8) is 0 Å². The molecule has 0 aliphatic carbocycles. The fourth-order valence-corrected chi connectivity index (χ4v) is 6.75. The highest BCUT2D eigenvalue weighted by molar-refractivity contribution is 6.35. The van der Waals surface area contributed by atoms with Gasteiger partial charge >= 0.3 is 0 Å². The van der Waals surface area contributed by atoms with E-state index in [1.807, 2.05) is 79.7 Å². The van der Waals surface area contributed by atoms with Gasteiger partial charge in [-0.3, -0.25) is 4.79 Å². The molecule has 1 amide bonds. The molecule has 0 bridgehead atoms. The number of carbonyl (C=O) groups is 1. The first-order valence-electron chi connectivity index (χ1n) is 15.7. The third-order valence-corrected chi connectivity index (χ3v) is 9.32. The maximum atomic E-state index is 12.9. The number of ether oxygens (including phenoxy) is 3. The van der Waals surface area contributed by atoms with Crippen LogP contribution in [0.15, 0.2) is 109 Å². The summed E-state index contributed by atoms with van der Waals surface area (Å²) in [5.41, 5.74) is 4.47. The van der Waals surface area contributed by atoms with Gasteiger partial charge < -0.3 is 29.3 Å². The van der Waals surface area contributed by atoms with E-state index in [4.69, 9.17) is 37.4 Å². The number of hydrogen-bond donors (Lipinski definition) is 1. The van der Waals surface area contributed by atoms with E-state index in [9.17, 15) is 4.79 Å². The van der Waals surface area contributed by atoms with Crippen LogP contribution in [0.25, 0.3) is 10.8 Å². The Bertz CT molecular complexity index is 1880. The highest BCUT2D eigenvalue weighted by atomic mass is 35.5. The first-order valence-corrected chi connectivity index (χ1v) is 16.5. The van der Waals surface area contributed by atoms with E-state index >= 15 is 0 Å². The molecule has 47 heavy (non-hydrogen) atoms. The van der Waals surface area contributed by atoms with E-state index in [1.165, 1.54) is 0 Å². The monoisotopic (exact) mass is 667 g/mol. The molecule has 2 heterocycles. The molecule has 0 saturated carbocycles. The fourth-order valence-electron chi connectivity index (χ4n) is 6.17. The minimum Gasteiger partial charge on any atom is -0.491 e. The Balaban J connectivity index is 0.877. The quantitative estimate of drug-likeness (QED) is 0.179. The molecule has 240 valence electrons. The SMILES string of the molecule is C[C@]1(c2ccc(Cl)cc2Cl)OC[C@@H](COc2ccc(N3CCN(c4ccc(NC(=O)c5ccc6ccccc6c5)cc4)CC3)cc2)O1. The molecular weight excluding hydrogens is 633 g/mol. The molecule has 0 spiro atoms. The number of halogens is 2. The Labute approximate surface area is 284 Å². The highest BCUT2D eigenvalue weighted by Gasteiger charge is 2.40. The van der Waals surface area contributed by atoms with Gasteiger partial charge in [-0.05, 0) is 90.5 Å². The van der Waals surface area contributed by atoms with Crippen LogP contribution < -0.4 is 19.9 Å². The highest BCUT2D eigenvalue weighted by Crippen LogP contribution is 2.39. The van der Waals surface area contributed by atoms with Crippen LogP contribution in [0, 0.1) is 0 Å². The Kier molecular flexibility index (Phi) is 8.97. The van der Waals surface area contributed by atoms with Crippen LogP contribution in [0.5, 0.6) is 5.75 Å². The van der Waals surface area contributed by atoms with Gasteiger partial charge in [0.1, 0.15) is 18.5 Å². The van der Waals surface area contributed by atoms with Crippen molar-refractivity contribution < 1.29 is 19.0 Å². The molecule has 0 unspecified atom stereocenters. The maximum Gasteiger partial charge on any atom is 0.255 e. The molecule has 7 nitrogen and oxygen atoms in total. The topological polar surface area (TPSA) is 63.3 Å². The first-order chi connectivity index (χ1) is 22.8. The van der Waals surface area contributed by atoms with Crippen molar-refractivity contribution in [2.45, 2.75) is 18.8 Å². The lowest BCUT2D eigenvalue weighted by Gasteiger charge is -2.37. The van der Waals surface area contributed by atoms with Crippen molar-refractivity contribution >= 4 is 56.9 Å². The summed E-state index contributed by atoms with van der Waals surface area (Å²) >= 11 is 12.4. The van der Waals surface area contributed by atoms with Crippen molar-refractivity contribution in [3.8, 4) is 5.75 Å². The molecule has 7 rings (SSSR count). The standard InChI is InChI=1S/C38H35Cl2N3O4/c1-38(35-17-8-29(39)23-36(35)40)46-25-34(47-38)24-45-33-15-13-32(14-16-33)43-20-18-42(19-21-43)31-11-9-30(10-12-31)41-37(44)28-7-6-26-4-2-3-5-27(26)22-28/h2-17,22-23,34H,18-21,24-25H2,1H3,(H,41,44)/t34-,38+/m1/s1. The minimum absolute atomic E-state index is 0.114. The van der Waals surface area contributed by atoms with E-state index in [-0.39, 0.29) is 12.0 Å². The summed E-state index contributed by atoms with van der Waals surface area (Å²) in [5, 5.41) is 6.27. The average molecular weight is 669 g/mol. The number of fused-ring (bicyclic) bond motifs is 1. The lowest BCUT2D eigenvalue weighted by molar-refractivity contribution is -0.164. The number of anilines is 3. The first kappa shape index (κ1) is 31.3. The molecule has 9 heteroatoms. The Morgan fingerprint density at radius 2 is 1.49 bits per heavy atom. The van der Waals surface area contributed by atoms with E-state index in [1.54, 1.807) is 12.1 Å². The van der Waals surface area contributed by atoms with E-state index in [2.05, 4.69) is 39.4 Å². The van der Waals surface area contributed by atoms with Crippen LogP contribution in [-0.4, -0.2) is 51.4 Å². The van der Waals surface area contributed by atoms with Gasteiger partial charge in [0.15, 0.2) is 5.79 Å². The average Bonchev–Trinajstić information content (AvgIpc) is 3.49. The van der Waals surface area contributed by atoms with Crippen molar-refractivity contribution in [3.05, 3.63) is 130 Å². The van der Waals surface area contributed by atoms with Crippen molar-refractivity contribution in [1.82, 2.24) is 0 Å². The molecule has 2 aliphatic heterocycles. The summed E-state index contributed by atoms with van der Waals surface area (Å²) in [5.74, 6) is -0.281. The number of amides is 1. The summed E-state index contributed by atoms with van der Waals surface area (Å²) in [6, 6.07) is 35.4. The summed E-state index contributed by atoms with van der Waals surface area (Å²) in [4.78, 5) is 17.6. The molecule has 0 radical (unpaired) electrons. The van der Waals surface area contributed by atoms with Gasteiger partial charge in [0.25, 0.3) is 5.91 Å². The lowest BCUT2D eigenvalue weighted by Crippen LogP contribution is -2.46. The third-order valence-electron chi connectivity index (χ3n) is 8.78. The fraction of sp³-hybridized carbons (Fsp3) is 0.237. The van der Waals surface area contributed by atoms with Gasteiger partial charge in [-0.2, -0.15) is 0 Å². The predicted molar refractivity (Wildman–Crippen MR) is 189 cm³/mol. The third kappa shape index (κ3) is 7.04. The summed E-state index contributed by atoms with van der Waals surface area (Å²) in [7, 11) is 0. The zero-order valence-electron chi connectivity index (χ0n) is 26.0. The number of benzene rings is 5. The zero-order valence-corrected chi connectivity index (χ0v) is 27.5. The number of nitrogens with one attached hydrogen (secondary N) is 1. The van der Waals surface area contributed by atoms with Gasteiger partial charge in [0.2, 0.25) is 0 Å². The van der Waals surface area contributed by atoms with E-state index < -0.39 is 5.79 Å². The summed E-state index contributed by atoms with van der Waals surface area (Å²) in [6.07, 6.45) is -0.227. The van der Waals surface area contributed by atoms with Crippen molar-refractivity contribution in [2.75, 3.05) is 54.5 Å².